The Bertz CT molecular complexity index is 629. The molecule has 1 unspecified atom stereocenters. The van der Waals surface area contributed by atoms with Gasteiger partial charge in [-0.15, -0.1) is 11.3 Å². The van der Waals surface area contributed by atoms with E-state index in [1.165, 1.54) is 23.5 Å². The van der Waals surface area contributed by atoms with Crippen molar-refractivity contribution in [2.75, 3.05) is 6.54 Å². The van der Waals surface area contributed by atoms with Crippen LogP contribution in [-0.4, -0.2) is 17.4 Å². The summed E-state index contributed by atoms with van der Waals surface area (Å²) in [5.41, 5.74) is 7.24. The number of thiazole rings is 1. The van der Waals surface area contributed by atoms with Gasteiger partial charge in [-0.3, -0.25) is 4.79 Å². The van der Waals surface area contributed by atoms with Crippen LogP contribution in [0.4, 0.5) is 4.39 Å². The fourth-order valence-corrected chi connectivity index (χ4v) is 2.94. The highest BCUT2D eigenvalue weighted by atomic mass is 32.1. The molecule has 22 heavy (non-hydrogen) atoms. The molecule has 1 aromatic carbocycles. The Balaban J connectivity index is 1.85. The Kier molecular flexibility index (Phi) is 6.03. The number of hydrogen-bond donors (Lipinski definition) is 2. The average molecular weight is 321 g/mol. The summed E-state index contributed by atoms with van der Waals surface area (Å²) in [5.74, 6) is -0.486. The summed E-state index contributed by atoms with van der Waals surface area (Å²) in [5, 5.41) is 5.31. The zero-order chi connectivity index (χ0) is 15.9. The number of nitrogens with one attached hydrogen (secondary N) is 1. The Morgan fingerprint density at radius 2 is 2.32 bits per heavy atom. The predicted octanol–water partition coefficient (Wildman–Crippen LogP) is 3.05. The molecule has 0 spiro atoms. The monoisotopic (exact) mass is 321 g/mol. The molecule has 3 N–H and O–H groups in total. The van der Waals surface area contributed by atoms with Crippen molar-refractivity contribution in [2.24, 2.45) is 5.73 Å². The number of amides is 1. The van der Waals surface area contributed by atoms with E-state index in [0.717, 1.165) is 23.4 Å². The van der Waals surface area contributed by atoms with Gasteiger partial charge in [0.15, 0.2) is 0 Å². The molecule has 6 heteroatoms. The van der Waals surface area contributed by atoms with Crippen molar-refractivity contribution in [3.63, 3.8) is 0 Å². The van der Waals surface area contributed by atoms with Crippen LogP contribution in [0.5, 0.6) is 0 Å². The summed E-state index contributed by atoms with van der Waals surface area (Å²) in [6.45, 7) is 2.50. The molecule has 0 radical (unpaired) electrons. The number of hydrogen-bond acceptors (Lipinski definition) is 4. The molecule has 2 aromatic rings. The lowest BCUT2D eigenvalue weighted by Crippen LogP contribution is -2.26. The topological polar surface area (TPSA) is 68.0 Å². The first-order chi connectivity index (χ1) is 10.6. The number of rotatable bonds is 7. The van der Waals surface area contributed by atoms with Crippen molar-refractivity contribution in [1.29, 1.82) is 0 Å². The second-order valence-corrected chi connectivity index (χ2v) is 5.99. The van der Waals surface area contributed by atoms with Crippen molar-refractivity contribution in [3.05, 3.63) is 51.7 Å². The lowest BCUT2D eigenvalue weighted by Gasteiger charge is -2.05. The second kappa shape index (κ2) is 8.00. The van der Waals surface area contributed by atoms with E-state index in [2.05, 4.69) is 17.2 Å². The minimum absolute atomic E-state index is 0.108. The molecule has 0 aliphatic carbocycles. The minimum Gasteiger partial charge on any atom is -0.350 e. The fourth-order valence-electron chi connectivity index (χ4n) is 2.10. The summed E-state index contributed by atoms with van der Waals surface area (Å²) < 4.78 is 13.1. The zero-order valence-electron chi connectivity index (χ0n) is 12.5. The summed E-state index contributed by atoms with van der Waals surface area (Å²) in [7, 11) is 0. The summed E-state index contributed by atoms with van der Waals surface area (Å²) >= 11 is 1.41. The van der Waals surface area contributed by atoms with Crippen LogP contribution >= 0.6 is 11.3 Å². The molecule has 0 aliphatic heterocycles. The molecule has 2 rings (SSSR count). The smallest absolute Gasteiger partial charge is 0.270 e. The number of aromatic nitrogens is 1. The van der Waals surface area contributed by atoms with E-state index in [1.54, 1.807) is 11.4 Å². The molecular formula is C16H20FN3OS. The van der Waals surface area contributed by atoms with Gasteiger partial charge in [0.2, 0.25) is 0 Å². The van der Waals surface area contributed by atoms with E-state index in [4.69, 9.17) is 5.73 Å². The van der Waals surface area contributed by atoms with Crippen molar-refractivity contribution in [3.8, 4) is 0 Å². The first-order valence-electron chi connectivity index (χ1n) is 7.33. The van der Waals surface area contributed by atoms with Crippen LogP contribution in [0.2, 0.25) is 0 Å². The highest BCUT2D eigenvalue weighted by molar-refractivity contribution is 7.09. The third-order valence-electron chi connectivity index (χ3n) is 3.26. The van der Waals surface area contributed by atoms with Crippen LogP contribution in [0.3, 0.4) is 0 Å². The van der Waals surface area contributed by atoms with Gasteiger partial charge in [-0.2, -0.15) is 0 Å². The largest absolute Gasteiger partial charge is 0.350 e. The lowest BCUT2D eigenvalue weighted by molar-refractivity contribution is 0.0949. The molecule has 4 nitrogen and oxygen atoms in total. The lowest BCUT2D eigenvalue weighted by atomic mass is 10.1. The molecule has 0 saturated heterocycles. The fraction of sp³-hybridized carbons (Fsp3) is 0.375. The summed E-state index contributed by atoms with van der Waals surface area (Å²) in [6, 6.07) is 6.26. The molecule has 0 fully saturated rings. The van der Waals surface area contributed by atoms with E-state index in [0.29, 0.717) is 18.7 Å². The van der Waals surface area contributed by atoms with Crippen molar-refractivity contribution in [1.82, 2.24) is 10.3 Å². The number of nitrogens with zero attached hydrogens (tertiary/aromatic N) is 1. The first kappa shape index (κ1) is 16.6. The van der Waals surface area contributed by atoms with Gasteiger partial charge < -0.3 is 11.1 Å². The molecule has 118 valence electrons. The highest BCUT2D eigenvalue weighted by Crippen LogP contribution is 2.20. The maximum atomic E-state index is 13.1. The second-order valence-electron chi connectivity index (χ2n) is 5.10. The van der Waals surface area contributed by atoms with E-state index in [1.807, 2.05) is 6.07 Å². The third-order valence-corrected chi connectivity index (χ3v) is 4.24. The SMILES string of the molecule is CCCC(N)c1nc(C(=O)NCCc2cccc(F)c2)cs1. The first-order valence-corrected chi connectivity index (χ1v) is 8.21. The maximum absolute atomic E-state index is 13.1. The molecule has 1 amide bonds. The molecule has 1 atom stereocenters. The number of halogens is 1. The van der Waals surface area contributed by atoms with Gasteiger partial charge in [-0.25, -0.2) is 9.37 Å². The Morgan fingerprint density at radius 3 is 3.05 bits per heavy atom. The normalized spacial score (nSPS) is 12.1. The van der Waals surface area contributed by atoms with Crippen LogP contribution in [0.15, 0.2) is 29.6 Å². The minimum atomic E-state index is -0.266. The van der Waals surface area contributed by atoms with Gasteiger partial charge >= 0.3 is 0 Å². The Labute approximate surface area is 133 Å². The van der Waals surface area contributed by atoms with Crippen LogP contribution in [-0.2, 0) is 6.42 Å². The highest BCUT2D eigenvalue weighted by Gasteiger charge is 2.14. The van der Waals surface area contributed by atoms with Crippen LogP contribution in [0.25, 0.3) is 0 Å². The molecular weight excluding hydrogens is 301 g/mol. The molecule has 1 aromatic heterocycles. The Morgan fingerprint density at radius 1 is 1.50 bits per heavy atom. The summed E-state index contributed by atoms with van der Waals surface area (Å²) in [6.07, 6.45) is 2.42. The molecule has 1 heterocycles. The number of nitrogens with two attached hydrogens (primary N) is 1. The number of carbonyl (C=O) groups excluding carboxylic acids is 1. The van der Waals surface area contributed by atoms with Crippen LogP contribution < -0.4 is 11.1 Å². The Hall–Kier alpha value is -1.79. The molecule has 0 aliphatic rings. The van der Waals surface area contributed by atoms with Gasteiger partial charge in [-0.05, 0) is 30.5 Å². The van der Waals surface area contributed by atoms with Crippen LogP contribution in [0, 0.1) is 5.82 Å². The van der Waals surface area contributed by atoms with Crippen molar-refractivity contribution < 1.29 is 9.18 Å². The van der Waals surface area contributed by atoms with Gasteiger partial charge in [0.1, 0.15) is 16.5 Å². The predicted molar refractivity (Wildman–Crippen MR) is 86.4 cm³/mol. The number of carbonyl (C=O) groups is 1. The van der Waals surface area contributed by atoms with Crippen LogP contribution in [0.1, 0.15) is 46.9 Å². The van der Waals surface area contributed by atoms with Gasteiger partial charge in [-0.1, -0.05) is 25.5 Å². The number of benzene rings is 1. The van der Waals surface area contributed by atoms with Gasteiger partial charge in [0, 0.05) is 11.9 Å². The molecule has 0 bridgehead atoms. The van der Waals surface area contributed by atoms with Crippen molar-refractivity contribution >= 4 is 17.2 Å². The standard InChI is InChI=1S/C16H20FN3OS/c1-2-4-13(18)16-20-14(10-22-16)15(21)19-8-7-11-5-3-6-12(17)9-11/h3,5-6,9-10,13H,2,4,7-8,18H2,1H3,(H,19,21). The van der Waals surface area contributed by atoms with Gasteiger partial charge in [0.05, 0.1) is 6.04 Å². The maximum Gasteiger partial charge on any atom is 0.270 e. The van der Waals surface area contributed by atoms with Gasteiger partial charge in [0.25, 0.3) is 5.91 Å². The third kappa shape index (κ3) is 4.61. The van der Waals surface area contributed by atoms with Crippen molar-refractivity contribution in [2.45, 2.75) is 32.2 Å². The van der Waals surface area contributed by atoms with E-state index in [9.17, 15) is 9.18 Å². The molecule has 0 saturated carbocycles. The zero-order valence-corrected chi connectivity index (χ0v) is 13.3. The average Bonchev–Trinajstić information content (AvgIpc) is 2.97. The van der Waals surface area contributed by atoms with E-state index >= 15 is 0 Å². The summed E-state index contributed by atoms with van der Waals surface area (Å²) in [4.78, 5) is 16.3. The van der Waals surface area contributed by atoms with E-state index in [-0.39, 0.29) is 17.8 Å². The quantitative estimate of drug-likeness (QED) is 0.823. The van der Waals surface area contributed by atoms with E-state index < -0.39 is 0 Å².